The second-order valence-electron chi connectivity index (χ2n) is 7.63. The molecule has 0 aromatic heterocycles. The number of nitrogens with zero attached hydrogens (tertiary/aromatic N) is 3. The summed E-state index contributed by atoms with van der Waals surface area (Å²) >= 11 is 0. The van der Waals surface area contributed by atoms with Gasteiger partial charge in [-0.1, -0.05) is 12.1 Å². The van der Waals surface area contributed by atoms with Crippen LogP contribution in [0.25, 0.3) is 0 Å². The molecule has 0 saturated carbocycles. The third-order valence-electron chi connectivity index (χ3n) is 5.50. The highest BCUT2D eigenvalue weighted by atomic mass is 16.6. The molecular formula is C22H22N4O6. The number of amides is 2. The fourth-order valence-electron chi connectivity index (χ4n) is 3.94. The molecule has 2 aromatic rings. The Balaban J connectivity index is 1.46. The standard InChI is InChI=1S/C22H22N4O6/c27-20-13-25(17-7-3-2-6-16(17)23-20)21(28)14-32-22(29)15-8-9-18(19(12-15)26(30)31)24-10-4-1-5-11-24/h2-3,6-9,12H,1,4-5,10-11,13-14H2,(H,23,27). The number of nitrogens with one attached hydrogen (secondary N) is 1. The molecule has 2 amide bonds. The maximum absolute atomic E-state index is 12.6. The number of hydrogen-bond donors (Lipinski definition) is 1. The number of carbonyl (C=O) groups is 3. The van der Waals surface area contributed by atoms with Gasteiger partial charge in [0.25, 0.3) is 11.6 Å². The van der Waals surface area contributed by atoms with Crippen LogP contribution in [-0.4, -0.2) is 48.9 Å². The number of esters is 1. The summed E-state index contributed by atoms with van der Waals surface area (Å²) in [6, 6.07) is 11.0. The molecular weight excluding hydrogens is 416 g/mol. The van der Waals surface area contributed by atoms with Gasteiger partial charge in [-0.3, -0.25) is 24.6 Å². The number of hydrogen-bond acceptors (Lipinski definition) is 7. The van der Waals surface area contributed by atoms with Gasteiger partial charge in [-0.15, -0.1) is 0 Å². The highest BCUT2D eigenvalue weighted by molar-refractivity contribution is 6.10. The van der Waals surface area contributed by atoms with Crippen LogP contribution in [0.5, 0.6) is 0 Å². The van der Waals surface area contributed by atoms with E-state index in [1.165, 1.54) is 17.0 Å². The molecule has 10 heteroatoms. The lowest BCUT2D eigenvalue weighted by Crippen LogP contribution is -2.44. The topological polar surface area (TPSA) is 122 Å². The van der Waals surface area contributed by atoms with E-state index in [4.69, 9.17) is 4.74 Å². The van der Waals surface area contributed by atoms with Crippen molar-refractivity contribution in [2.24, 2.45) is 0 Å². The van der Waals surface area contributed by atoms with Crippen molar-refractivity contribution < 1.29 is 24.0 Å². The third kappa shape index (κ3) is 4.39. The Kier molecular flexibility index (Phi) is 6.02. The van der Waals surface area contributed by atoms with Gasteiger partial charge in [0.1, 0.15) is 12.2 Å². The van der Waals surface area contributed by atoms with Crippen LogP contribution in [0.3, 0.4) is 0 Å². The molecule has 1 fully saturated rings. The van der Waals surface area contributed by atoms with Gasteiger partial charge in [-0.05, 0) is 43.5 Å². The molecule has 0 spiro atoms. The lowest BCUT2D eigenvalue weighted by molar-refractivity contribution is -0.384. The smallest absolute Gasteiger partial charge is 0.338 e. The first-order valence-electron chi connectivity index (χ1n) is 10.3. The fourth-order valence-corrected chi connectivity index (χ4v) is 3.94. The van der Waals surface area contributed by atoms with Crippen LogP contribution in [0, 0.1) is 10.1 Å². The number of benzene rings is 2. The number of ether oxygens (including phenoxy) is 1. The maximum Gasteiger partial charge on any atom is 0.338 e. The van der Waals surface area contributed by atoms with Gasteiger partial charge in [0, 0.05) is 19.2 Å². The van der Waals surface area contributed by atoms with Gasteiger partial charge in [-0.2, -0.15) is 0 Å². The quantitative estimate of drug-likeness (QED) is 0.433. The van der Waals surface area contributed by atoms with Gasteiger partial charge in [-0.25, -0.2) is 4.79 Å². The van der Waals surface area contributed by atoms with Crippen molar-refractivity contribution in [2.75, 3.05) is 41.4 Å². The largest absolute Gasteiger partial charge is 0.452 e. The average Bonchev–Trinajstić information content (AvgIpc) is 2.81. The molecule has 1 N–H and O–H groups in total. The van der Waals surface area contributed by atoms with Crippen molar-refractivity contribution in [3.8, 4) is 0 Å². The molecule has 0 unspecified atom stereocenters. The van der Waals surface area contributed by atoms with Crippen molar-refractivity contribution in [1.82, 2.24) is 0 Å². The van der Waals surface area contributed by atoms with Gasteiger partial charge in [0.2, 0.25) is 5.91 Å². The third-order valence-corrected chi connectivity index (χ3v) is 5.50. The van der Waals surface area contributed by atoms with Gasteiger partial charge in [0.15, 0.2) is 6.61 Å². The van der Waals surface area contributed by atoms with Crippen LogP contribution >= 0.6 is 0 Å². The minimum atomic E-state index is -0.846. The highest BCUT2D eigenvalue weighted by Crippen LogP contribution is 2.32. The fraction of sp³-hybridized carbons (Fsp3) is 0.318. The van der Waals surface area contributed by atoms with Crippen LogP contribution in [0.2, 0.25) is 0 Å². The first-order valence-corrected chi connectivity index (χ1v) is 10.3. The molecule has 0 bridgehead atoms. The van der Waals surface area contributed by atoms with Crippen LogP contribution < -0.4 is 15.1 Å². The lowest BCUT2D eigenvalue weighted by Gasteiger charge is -2.29. The SMILES string of the molecule is O=C1CN(C(=O)COC(=O)c2ccc(N3CCCCC3)c([N+](=O)[O-])c2)c2ccccc2N1. The second-order valence-corrected chi connectivity index (χ2v) is 7.63. The minimum Gasteiger partial charge on any atom is -0.452 e. The Morgan fingerprint density at radius 3 is 2.56 bits per heavy atom. The molecule has 32 heavy (non-hydrogen) atoms. The number of carbonyl (C=O) groups excluding carboxylic acids is 3. The summed E-state index contributed by atoms with van der Waals surface area (Å²) in [4.78, 5) is 51.3. The number of fused-ring (bicyclic) bond motifs is 1. The Bertz CT molecular complexity index is 1080. The number of piperidine rings is 1. The van der Waals surface area contributed by atoms with Crippen molar-refractivity contribution in [1.29, 1.82) is 0 Å². The summed E-state index contributed by atoms with van der Waals surface area (Å²) in [7, 11) is 0. The van der Waals surface area contributed by atoms with E-state index in [1.807, 2.05) is 4.90 Å². The monoisotopic (exact) mass is 438 g/mol. The number of nitro groups is 1. The molecule has 4 rings (SSSR count). The molecule has 10 nitrogen and oxygen atoms in total. The van der Waals surface area contributed by atoms with E-state index in [2.05, 4.69) is 5.32 Å². The molecule has 0 aliphatic carbocycles. The average molecular weight is 438 g/mol. The van der Waals surface area contributed by atoms with E-state index in [9.17, 15) is 24.5 Å². The van der Waals surface area contributed by atoms with Crippen molar-refractivity contribution >= 4 is 40.5 Å². The van der Waals surface area contributed by atoms with Crippen molar-refractivity contribution in [3.05, 3.63) is 58.1 Å². The van der Waals surface area contributed by atoms with Crippen LogP contribution in [-0.2, 0) is 14.3 Å². The molecule has 2 heterocycles. The molecule has 0 atom stereocenters. The van der Waals surface area contributed by atoms with E-state index in [0.717, 1.165) is 32.4 Å². The zero-order valence-electron chi connectivity index (χ0n) is 17.3. The highest BCUT2D eigenvalue weighted by Gasteiger charge is 2.28. The number of para-hydroxylation sites is 2. The molecule has 1 saturated heterocycles. The zero-order valence-corrected chi connectivity index (χ0v) is 17.3. The second kappa shape index (κ2) is 9.04. The molecule has 0 radical (unpaired) electrons. The number of anilines is 3. The Morgan fingerprint density at radius 1 is 1.06 bits per heavy atom. The van der Waals surface area contributed by atoms with Crippen LogP contribution in [0.15, 0.2) is 42.5 Å². The van der Waals surface area contributed by atoms with E-state index < -0.39 is 23.4 Å². The van der Waals surface area contributed by atoms with E-state index in [0.29, 0.717) is 17.1 Å². The molecule has 2 aromatic carbocycles. The zero-order chi connectivity index (χ0) is 22.7. The Morgan fingerprint density at radius 2 is 1.81 bits per heavy atom. The van der Waals surface area contributed by atoms with Crippen molar-refractivity contribution in [3.63, 3.8) is 0 Å². The molecule has 166 valence electrons. The van der Waals surface area contributed by atoms with Gasteiger partial charge >= 0.3 is 5.97 Å². The molecule has 2 aliphatic rings. The van der Waals surface area contributed by atoms with Crippen LogP contribution in [0.1, 0.15) is 29.6 Å². The summed E-state index contributed by atoms with van der Waals surface area (Å²) in [5.41, 5.74) is 1.29. The minimum absolute atomic E-state index is 0.0120. The number of nitro benzene ring substituents is 1. The summed E-state index contributed by atoms with van der Waals surface area (Å²) in [5, 5.41) is 14.3. The van der Waals surface area contributed by atoms with Gasteiger partial charge in [0.05, 0.1) is 21.9 Å². The Hall–Kier alpha value is -3.95. The van der Waals surface area contributed by atoms with Crippen molar-refractivity contribution in [2.45, 2.75) is 19.3 Å². The summed E-state index contributed by atoms with van der Waals surface area (Å²) in [6.07, 6.45) is 3.01. The predicted octanol–water partition coefficient (Wildman–Crippen LogP) is 2.73. The van der Waals surface area contributed by atoms with Gasteiger partial charge < -0.3 is 15.0 Å². The lowest BCUT2D eigenvalue weighted by atomic mass is 10.1. The number of rotatable bonds is 5. The normalized spacial score (nSPS) is 15.6. The summed E-state index contributed by atoms with van der Waals surface area (Å²) in [6.45, 7) is 0.666. The maximum atomic E-state index is 12.6. The first kappa shape index (κ1) is 21.3. The summed E-state index contributed by atoms with van der Waals surface area (Å²) < 4.78 is 5.12. The predicted molar refractivity (Wildman–Crippen MR) is 117 cm³/mol. The summed E-state index contributed by atoms with van der Waals surface area (Å²) in [5.74, 6) is -1.77. The van der Waals surface area contributed by atoms with E-state index in [1.54, 1.807) is 30.3 Å². The Labute approximate surface area is 183 Å². The van der Waals surface area contributed by atoms with Crippen LogP contribution in [0.4, 0.5) is 22.7 Å². The van der Waals surface area contributed by atoms with E-state index >= 15 is 0 Å². The van der Waals surface area contributed by atoms with E-state index in [-0.39, 0.29) is 23.7 Å². The molecule has 2 aliphatic heterocycles. The first-order chi connectivity index (χ1) is 15.4.